The van der Waals surface area contributed by atoms with Crippen LogP contribution in [0.25, 0.3) is 0 Å². The maximum atomic E-state index is 11.6. The van der Waals surface area contributed by atoms with Gasteiger partial charge >= 0.3 is 12.0 Å². The van der Waals surface area contributed by atoms with Gasteiger partial charge < -0.3 is 9.72 Å². The van der Waals surface area contributed by atoms with E-state index in [0.717, 1.165) is 44.9 Å². The van der Waals surface area contributed by atoms with Gasteiger partial charge in [-0.25, -0.2) is 0 Å². The summed E-state index contributed by atoms with van der Waals surface area (Å²) in [5.41, 5.74) is 1.32. The SMILES string of the molecule is O=C(CCCCCC[Si](Cl)(Cl)Cl)OCCCCCCCCc1ccc[nH]1. The molecule has 0 atom stereocenters. The summed E-state index contributed by atoms with van der Waals surface area (Å²) in [5.74, 6) is -0.0771. The van der Waals surface area contributed by atoms with Crippen molar-refractivity contribution in [1.29, 1.82) is 0 Å². The third-order valence-electron chi connectivity index (χ3n) is 4.36. The van der Waals surface area contributed by atoms with E-state index in [1.165, 1.54) is 31.4 Å². The van der Waals surface area contributed by atoms with E-state index < -0.39 is 6.00 Å². The van der Waals surface area contributed by atoms with Crippen LogP contribution in [0.1, 0.15) is 76.3 Å². The van der Waals surface area contributed by atoms with Crippen LogP contribution in [0.2, 0.25) is 6.04 Å². The van der Waals surface area contributed by atoms with Gasteiger partial charge in [0.1, 0.15) is 0 Å². The minimum Gasteiger partial charge on any atom is -0.466 e. The average molecular weight is 441 g/mol. The van der Waals surface area contributed by atoms with Crippen molar-refractivity contribution in [3.63, 3.8) is 0 Å². The minimum absolute atomic E-state index is 0.0771. The second kappa shape index (κ2) is 14.8. The number of H-pyrrole nitrogens is 1. The number of aromatic nitrogens is 1. The van der Waals surface area contributed by atoms with E-state index in [4.69, 9.17) is 38.0 Å². The molecule has 0 unspecified atom stereocenters. The Morgan fingerprint density at radius 2 is 1.58 bits per heavy atom. The second-order valence-electron chi connectivity index (χ2n) is 6.82. The molecule has 1 heterocycles. The van der Waals surface area contributed by atoms with Crippen molar-refractivity contribution < 1.29 is 9.53 Å². The standard InChI is InChI=1S/C19H32Cl3NO2Si/c20-26(21,22)17-10-6-4-8-14-19(24)25-16-9-5-2-1-3-7-12-18-13-11-15-23-18/h11,13,15,23H,1-10,12,14,16-17H2. The average Bonchev–Trinajstić information content (AvgIpc) is 3.09. The van der Waals surface area contributed by atoms with Crippen LogP contribution >= 0.6 is 33.2 Å². The molecule has 0 aliphatic heterocycles. The van der Waals surface area contributed by atoms with Crippen LogP contribution in [-0.4, -0.2) is 23.6 Å². The van der Waals surface area contributed by atoms with E-state index in [0.29, 0.717) is 19.1 Å². The van der Waals surface area contributed by atoms with Gasteiger partial charge in [0.25, 0.3) is 0 Å². The van der Waals surface area contributed by atoms with Crippen LogP contribution in [0.5, 0.6) is 0 Å². The molecule has 150 valence electrons. The summed E-state index contributed by atoms with van der Waals surface area (Å²) in [6.45, 7) is 0.556. The number of aromatic amines is 1. The lowest BCUT2D eigenvalue weighted by Crippen LogP contribution is -2.08. The van der Waals surface area contributed by atoms with Gasteiger partial charge in [-0.2, -0.15) is 0 Å². The van der Waals surface area contributed by atoms with Gasteiger partial charge in [0, 0.05) is 18.3 Å². The number of hydrogen-bond donors (Lipinski definition) is 1. The highest BCUT2D eigenvalue weighted by Crippen LogP contribution is 2.27. The van der Waals surface area contributed by atoms with Gasteiger partial charge in [0.2, 0.25) is 0 Å². The van der Waals surface area contributed by atoms with Crippen molar-refractivity contribution in [2.45, 2.75) is 83.1 Å². The Labute approximate surface area is 173 Å². The topological polar surface area (TPSA) is 42.1 Å². The number of esters is 1. The predicted molar refractivity (Wildman–Crippen MR) is 114 cm³/mol. The number of nitrogens with one attached hydrogen (secondary N) is 1. The van der Waals surface area contributed by atoms with Gasteiger partial charge in [-0.1, -0.05) is 44.9 Å². The maximum absolute atomic E-state index is 11.6. The van der Waals surface area contributed by atoms with E-state index in [2.05, 4.69) is 11.1 Å². The molecule has 26 heavy (non-hydrogen) atoms. The van der Waals surface area contributed by atoms with Gasteiger partial charge in [0.05, 0.1) is 6.61 Å². The normalized spacial score (nSPS) is 11.7. The lowest BCUT2D eigenvalue weighted by Gasteiger charge is -2.07. The third-order valence-corrected chi connectivity index (χ3v) is 6.98. The van der Waals surface area contributed by atoms with Crippen molar-refractivity contribution in [3.8, 4) is 0 Å². The number of halogens is 3. The number of unbranched alkanes of at least 4 members (excludes halogenated alkanes) is 8. The number of carbonyl (C=O) groups is 1. The smallest absolute Gasteiger partial charge is 0.341 e. The first-order valence-corrected chi connectivity index (χ1v) is 15.1. The molecule has 0 bridgehead atoms. The van der Waals surface area contributed by atoms with Crippen molar-refractivity contribution in [2.24, 2.45) is 0 Å². The number of carbonyl (C=O) groups excluding carboxylic acids is 1. The molecular weight excluding hydrogens is 409 g/mol. The van der Waals surface area contributed by atoms with E-state index in [-0.39, 0.29) is 5.97 Å². The Balaban J connectivity index is 1.79. The van der Waals surface area contributed by atoms with E-state index in [1.807, 2.05) is 12.3 Å². The van der Waals surface area contributed by atoms with Crippen molar-refractivity contribution in [2.75, 3.05) is 6.61 Å². The summed E-state index contributed by atoms with van der Waals surface area (Å²) in [6.07, 6.45) is 14.5. The fourth-order valence-corrected chi connectivity index (χ4v) is 4.71. The molecule has 0 saturated carbocycles. The number of ether oxygens (including phenoxy) is 1. The van der Waals surface area contributed by atoms with Gasteiger partial charge in [-0.05, 0) is 43.9 Å². The molecule has 1 aromatic heterocycles. The molecule has 0 spiro atoms. The monoisotopic (exact) mass is 439 g/mol. The number of aryl methyl sites for hydroxylation is 1. The maximum Gasteiger partial charge on any atom is 0.341 e. The fourth-order valence-electron chi connectivity index (χ4n) is 2.85. The summed E-state index contributed by atoms with van der Waals surface area (Å²) in [4.78, 5) is 14.9. The molecule has 1 aromatic rings. The zero-order valence-electron chi connectivity index (χ0n) is 15.6. The van der Waals surface area contributed by atoms with Crippen LogP contribution in [-0.2, 0) is 16.0 Å². The molecule has 0 aliphatic rings. The van der Waals surface area contributed by atoms with E-state index in [9.17, 15) is 4.79 Å². The Kier molecular flexibility index (Phi) is 13.6. The van der Waals surface area contributed by atoms with Crippen LogP contribution in [0, 0.1) is 0 Å². The van der Waals surface area contributed by atoms with Crippen LogP contribution in [0.15, 0.2) is 18.3 Å². The summed E-state index contributed by atoms with van der Waals surface area (Å²) in [7, 11) is 0. The fraction of sp³-hybridized carbons (Fsp3) is 0.737. The zero-order chi connectivity index (χ0) is 19.1. The molecule has 0 radical (unpaired) electrons. The highest BCUT2D eigenvalue weighted by atomic mass is 35.8. The molecule has 1 rings (SSSR count). The first-order valence-electron chi connectivity index (χ1n) is 9.82. The lowest BCUT2D eigenvalue weighted by molar-refractivity contribution is -0.143. The van der Waals surface area contributed by atoms with Crippen molar-refractivity contribution in [3.05, 3.63) is 24.0 Å². The summed E-state index contributed by atoms with van der Waals surface area (Å²) >= 11 is 17.5. The quantitative estimate of drug-likeness (QED) is 0.129. The molecule has 7 heteroatoms. The van der Waals surface area contributed by atoms with Crippen LogP contribution in [0.4, 0.5) is 0 Å². The Morgan fingerprint density at radius 1 is 0.923 bits per heavy atom. The largest absolute Gasteiger partial charge is 0.466 e. The van der Waals surface area contributed by atoms with Crippen molar-refractivity contribution >= 4 is 45.2 Å². The molecule has 0 fully saturated rings. The predicted octanol–water partition coefficient (Wildman–Crippen LogP) is 7.05. The van der Waals surface area contributed by atoms with Gasteiger partial charge in [-0.3, -0.25) is 4.79 Å². The van der Waals surface area contributed by atoms with Crippen LogP contribution < -0.4 is 0 Å². The third kappa shape index (κ3) is 14.9. The highest BCUT2D eigenvalue weighted by Gasteiger charge is 2.23. The van der Waals surface area contributed by atoms with Gasteiger partial charge in [-0.15, -0.1) is 33.2 Å². The molecule has 0 aliphatic carbocycles. The Morgan fingerprint density at radius 3 is 2.27 bits per heavy atom. The second-order valence-corrected chi connectivity index (χ2v) is 16.1. The Hall–Kier alpha value is -0.163. The minimum atomic E-state index is -2.46. The van der Waals surface area contributed by atoms with E-state index in [1.54, 1.807) is 0 Å². The number of hydrogen-bond acceptors (Lipinski definition) is 2. The Bertz CT molecular complexity index is 464. The van der Waals surface area contributed by atoms with Crippen molar-refractivity contribution in [1.82, 2.24) is 4.98 Å². The van der Waals surface area contributed by atoms with E-state index >= 15 is 0 Å². The molecular formula is C19H32Cl3NO2Si. The van der Waals surface area contributed by atoms with Crippen LogP contribution in [0.3, 0.4) is 0 Å². The molecule has 1 N–H and O–H groups in total. The first kappa shape index (κ1) is 23.9. The molecule has 0 saturated heterocycles. The number of rotatable bonds is 16. The molecule has 0 amide bonds. The summed E-state index contributed by atoms with van der Waals surface area (Å²) in [6, 6.07) is 2.42. The summed E-state index contributed by atoms with van der Waals surface area (Å²) in [5, 5.41) is 0. The lowest BCUT2D eigenvalue weighted by atomic mass is 10.1. The highest BCUT2D eigenvalue weighted by molar-refractivity contribution is 7.64. The zero-order valence-corrected chi connectivity index (χ0v) is 18.8. The summed E-state index contributed by atoms with van der Waals surface area (Å²) < 4.78 is 5.28. The first-order chi connectivity index (χ1) is 12.5. The molecule has 3 nitrogen and oxygen atoms in total. The van der Waals surface area contributed by atoms with Gasteiger partial charge in [0.15, 0.2) is 0 Å². The molecule has 0 aromatic carbocycles.